The Morgan fingerprint density at radius 1 is 1.00 bits per heavy atom. The Hall–Kier alpha value is -0.0800. The lowest BCUT2D eigenvalue weighted by atomic mass is 10.0. The summed E-state index contributed by atoms with van der Waals surface area (Å²) in [5, 5.41) is 3.52. The minimum atomic E-state index is 0.591. The van der Waals surface area contributed by atoms with Gasteiger partial charge in [0.15, 0.2) is 0 Å². The molecular weight excluding hydrogens is 184 g/mol. The zero-order valence-electron chi connectivity index (χ0n) is 11.7. The molecule has 0 rings (SSSR count). The highest BCUT2D eigenvalue weighted by Gasteiger charge is 2.20. The van der Waals surface area contributed by atoms with E-state index in [2.05, 4.69) is 58.7 Å². The lowest BCUT2D eigenvalue weighted by Crippen LogP contribution is -2.45. The second-order valence-corrected chi connectivity index (χ2v) is 5.21. The predicted octanol–water partition coefficient (Wildman–Crippen LogP) is 2.74. The summed E-state index contributed by atoms with van der Waals surface area (Å²) in [5.74, 6) is 0.703. The molecule has 0 aliphatic heterocycles. The van der Waals surface area contributed by atoms with E-state index < -0.39 is 0 Å². The van der Waals surface area contributed by atoms with Gasteiger partial charge in [-0.3, -0.25) is 4.90 Å². The molecule has 0 aliphatic carbocycles. The molecule has 2 heteroatoms. The number of hydrogen-bond donors (Lipinski definition) is 1. The van der Waals surface area contributed by atoms with Crippen molar-refractivity contribution in [2.24, 2.45) is 5.92 Å². The van der Waals surface area contributed by atoms with Gasteiger partial charge < -0.3 is 5.32 Å². The summed E-state index contributed by atoms with van der Waals surface area (Å²) in [4.78, 5) is 2.56. The molecule has 0 aromatic rings. The molecule has 0 aromatic heterocycles. The molecule has 0 aliphatic rings. The fourth-order valence-corrected chi connectivity index (χ4v) is 2.04. The molecule has 0 amide bonds. The van der Waals surface area contributed by atoms with Gasteiger partial charge in [0.25, 0.3) is 0 Å². The van der Waals surface area contributed by atoms with E-state index in [0.717, 1.165) is 13.1 Å². The molecule has 0 radical (unpaired) electrons. The molecule has 92 valence electrons. The molecule has 15 heavy (non-hydrogen) atoms. The van der Waals surface area contributed by atoms with Crippen LogP contribution in [0.4, 0.5) is 0 Å². The second kappa shape index (κ2) is 7.24. The van der Waals surface area contributed by atoms with Crippen LogP contribution in [0.5, 0.6) is 0 Å². The largest absolute Gasteiger partial charge is 0.314 e. The van der Waals surface area contributed by atoms with Gasteiger partial charge >= 0.3 is 0 Å². The lowest BCUT2D eigenvalue weighted by Gasteiger charge is -2.35. The minimum absolute atomic E-state index is 0.591. The van der Waals surface area contributed by atoms with E-state index in [1.807, 2.05) is 0 Å². The number of rotatable bonds is 7. The zero-order valence-corrected chi connectivity index (χ0v) is 11.7. The molecule has 0 fully saturated rings. The maximum absolute atomic E-state index is 3.52. The summed E-state index contributed by atoms with van der Waals surface area (Å²) in [6.45, 7) is 18.2. The first-order chi connectivity index (χ1) is 6.90. The topological polar surface area (TPSA) is 15.3 Å². The zero-order chi connectivity index (χ0) is 12.0. The van der Waals surface area contributed by atoms with Crippen LogP contribution in [0.25, 0.3) is 0 Å². The smallest absolute Gasteiger partial charge is 0.0107 e. The van der Waals surface area contributed by atoms with Crippen molar-refractivity contribution in [3.63, 3.8) is 0 Å². The Labute approximate surface area is 96.4 Å². The Bertz CT molecular complexity index is 155. The molecule has 2 atom stereocenters. The van der Waals surface area contributed by atoms with Crippen LogP contribution in [-0.4, -0.2) is 36.1 Å². The van der Waals surface area contributed by atoms with Crippen LogP contribution in [0.2, 0.25) is 0 Å². The summed E-state index contributed by atoms with van der Waals surface area (Å²) in [6, 6.07) is 1.89. The van der Waals surface area contributed by atoms with E-state index in [4.69, 9.17) is 0 Å². The minimum Gasteiger partial charge on any atom is -0.314 e. The molecule has 2 unspecified atom stereocenters. The Morgan fingerprint density at radius 3 is 1.87 bits per heavy atom. The SMILES string of the molecule is CCN(C(C)C)C(C)C(C)CNC(C)C. The van der Waals surface area contributed by atoms with Crippen molar-refractivity contribution >= 4 is 0 Å². The molecule has 0 heterocycles. The van der Waals surface area contributed by atoms with Gasteiger partial charge in [-0.1, -0.05) is 27.7 Å². The van der Waals surface area contributed by atoms with Gasteiger partial charge in [0.1, 0.15) is 0 Å². The van der Waals surface area contributed by atoms with Crippen molar-refractivity contribution in [2.45, 2.75) is 66.6 Å². The molecule has 1 N–H and O–H groups in total. The molecule has 0 bridgehead atoms. The molecule has 0 spiro atoms. The molecule has 0 saturated carbocycles. The second-order valence-electron chi connectivity index (χ2n) is 5.21. The van der Waals surface area contributed by atoms with Gasteiger partial charge in [0.2, 0.25) is 0 Å². The van der Waals surface area contributed by atoms with Gasteiger partial charge in [-0.15, -0.1) is 0 Å². The van der Waals surface area contributed by atoms with Gasteiger partial charge in [0.05, 0.1) is 0 Å². The number of nitrogens with zero attached hydrogens (tertiary/aromatic N) is 1. The monoisotopic (exact) mass is 214 g/mol. The highest BCUT2D eigenvalue weighted by Crippen LogP contribution is 2.13. The Balaban J connectivity index is 4.10. The molecule has 0 aromatic carbocycles. The summed E-state index contributed by atoms with van der Waals surface area (Å²) in [5.41, 5.74) is 0. The van der Waals surface area contributed by atoms with Gasteiger partial charge in [-0.2, -0.15) is 0 Å². The van der Waals surface area contributed by atoms with Crippen LogP contribution in [0, 0.1) is 5.92 Å². The van der Waals surface area contributed by atoms with Crippen LogP contribution in [0.3, 0.4) is 0 Å². The first-order valence-electron chi connectivity index (χ1n) is 6.39. The van der Waals surface area contributed by atoms with Crippen molar-refractivity contribution in [1.82, 2.24) is 10.2 Å². The third-order valence-electron chi connectivity index (χ3n) is 3.22. The van der Waals surface area contributed by atoms with E-state index >= 15 is 0 Å². The Kier molecular flexibility index (Phi) is 7.20. The van der Waals surface area contributed by atoms with Crippen LogP contribution in [-0.2, 0) is 0 Å². The van der Waals surface area contributed by atoms with Crippen molar-refractivity contribution in [1.29, 1.82) is 0 Å². The first kappa shape index (κ1) is 14.9. The maximum Gasteiger partial charge on any atom is 0.0107 e. The average Bonchev–Trinajstić information content (AvgIpc) is 2.14. The average molecular weight is 214 g/mol. The summed E-state index contributed by atoms with van der Waals surface area (Å²) in [7, 11) is 0. The maximum atomic E-state index is 3.52. The van der Waals surface area contributed by atoms with E-state index in [-0.39, 0.29) is 0 Å². The molecule has 0 saturated heterocycles. The fraction of sp³-hybridized carbons (Fsp3) is 1.00. The predicted molar refractivity (Wildman–Crippen MR) is 69.3 cm³/mol. The standard InChI is InChI=1S/C13H30N2/c1-8-15(11(4)5)13(7)12(6)9-14-10(2)3/h10-14H,8-9H2,1-7H3. The highest BCUT2D eigenvalue weighted by molar-refractivity contribution is 4.76. The van der Waals surface area contributed by atoms with Crippen molar-refractivity contribution in [3.05, 3.63) is 0 Å². The van der Waals surface area contributed by atoms with Crippen LogP contribution in [0.1, 0.15) is 48.5 Å². The van der Waals surface area contributed by atoms with E-state index in [1.165, 1.54) is 0 Å². The number of nitrogens with one attached hydrogen (secondary N) is 1. The lowest BCUT2D eigenvalue weighted by molar-refractivity contribution is 0.130. The van der Waals surface area contributed by atoms with Crippen molar-refractivity contribution in [3.8, 4) is 0 Å². The summed E-state index contributed by atoms with van der Waals surface area (Å²) >= 11 is 0. The summed E-state index contributed by atoms with van der Waals surface area (Å²) in [6.07, 6.45) is 0. The van der Waals surface area contributed by atoms with E-state index in [9.17, 15) is 0 Å². The van der Waals surface area contributed by atoms with Crippen molar-refractivity contribution in [2.75, 3.05) is 13.1 Å². The van der Waals surface area contributed by atoms with E-state index in [1.54, 1.807) is 0 Å². The molecule has 2 nitrogen and oxygen atoms in total. The van der Waals surface area contributed by atoms with Crippen molar-refractivity contribution < 1.29 is 0 Å². The quantitative estimate of drug-likeness (QED) is 0.701. The highest BCUT2D eigenvalue weighted by atomic mass is 15.2. The summed E-state index contributed by atoms with van der Waals surface area (Å²) < 4.78 is 0. The first-order valence-corrected chi connectivity index (χ1v) is 6.39. The van der Waals surface area contributed by atoms with Gasteiger partial charge in [-0.25, -0.2) is 0 Å². The third-order valence-corrected chi connectivity index (χ3v) is 3.22. The molecular formula is C13H30N2. The van der Waals surface area contributed by atoms with Gasteiger partial charge in [-0.05, 0) is 39.8 Å². The van der Waals surface area contributed by atoms with Gasteiger partial charge in [0, 0.05) is 18.1 Å². The van der Waals surface area contributed by atoms with E-state index in [0.29, 0.717) is 24.0 Å². The van der Waals surface area contributed by atoms with Crippen LogP contribution < -0.4 is 5.32 Å². The van der Waals surface area contributed by atoms with Crippen LogP contribution >= 0.6 is 0 Å². The normalized spacial score (nSPS) is 16.4. The number of hydrogen-bond acceptors (Lipinski definition) is 2. The van der Waals surface area contributed by atoms with Crippen LogP contribution in [0.15, 0.2) is 0 Å². The third kappa shape index (κ3) is 5.53. The fourth-order valence-electron chi connectivity index (χ4n) is 2.04. The Morgan fingerprint density at radius 2 is 1.53 bits per heavy atom.